The van der Waals surface area contributed by atoms with Crippen LogP contribution in [0.1, 0.15) is 19.3 Å². The molecule has 0 aromatic carbocycles. The zero-order valence-electron chi connectivity index (χ0n) is 10.7. The van der Waals surface area contributed by atoms with Crippen molar-refractivity contribution in [1.82, 2.24) is 4.98 Å². The summed E-state index contributed by atoms with van der Waals surface area (Å²) < 4.78 is 31.5. The van der Waals surface area contributed by atoms with Crippen molar-refractivity contribution in [3.8, 4) is 0 Å². The number of aromatic nitrogens is 1. The number of nitrogens with one attached hydrogen (secondary N) is 2. The summed E-state index contributed by atoms with van der Waals surface area (Å²) in [4.78, 5) is 3.83. The fraction of sp³-hybridized carbons (Fsp3) is 0.583. The molecule has 1 aromatic rings. The molecule has 1 heterocycles. The molecule has 0 aliphatic carbocycles. The molecule has 0 unspecified atom stereocenters. The van der Waals surface area contributed by atoms with Gasteiger partial charge in [-0.1, -0.05) is 0 Å². The molecule has 0 spiro atoms. The van der Waals surface area contributed by atoms with Crippen LogP contribution in [0.2, 0.25) is 0 Å². The van der Waals surface area contributed by atoms with Crippen LogP contribution in [0.4, 0.5) is 20.4 Å². The minimum Gasteiger partial charge on any atom is -0.385 e. The Kier molecular flexibility index (Phi) is 6.35. The number of anilines is 2. The van der Waals surface area contributed by atoms with E-state index in [4.69, 9.17) is 4.74 Å². The molecule has 0 radical (unpaired) electrons. The van der Waals surface area contributed by atoms with Crippen LogP contribution in [-0.4, -0.2) is 32.3 Å². The van der Waals surface area contributed by atoms with Crippen molar-refractivity contribution in [1.29, 1.82) is 0 Å². The van der Waals surface area contributed by atoms with E-state index in [0.29, 0.717) is 6.54 Å². The first-order valence-corrected chi connectivity index (χ1v) is 5.95. The maximum absolute atomic E-state index is 13.4. The average molecular weight is 259 g/mol. The first-order valence-electron chi connectivity index (χ1n) is 5.95. The SMILES string of the molecule is CNc1nc(NCCCCCOC)c(F)cc1F. The Hall–Kier alpha value is -1.43. The van der Waals surface area contributed by atoms with Crippen LogP contribution in [0.25, 0.3) is 0 Å². The topological polar surface area (TPSA) is 46.2 Å². The predicted molar refractivity (Wildman–Crippen MR) is 67.9 cm³/mol. The normalized spacial score (nSPS) is 10.4. The summed E-state index contributed by atoms with van der Waals surface area (Å²) in [5.41, 5.74) is 0. The second-order valence-corrected chi connectivity index (χ2v) is 3.88. The number of ether oxygens (including phenoxy) is 1. The minimum atomic E-state index is -0.694. The summed E-state index contributed by atoms with van der Waals surface area (Å²) in [5.74, 6) is -1.25. The molecule has 0 saturated heterocycles. The zero-order valence-corrected chi connectivity index (χ0v) is 10.7. The molecule has 6 heteroatoms. The van der Waals surface area contributed by atoms with Crippen LogP contribution in [-0.2, 0) is 4.74 Å². The quantitative estimate of drug-likeness (QED) is 0.704. The monoisotopic (exact) mass is 259 g/mol. The molecule has 1 aromatic heterocycles. The maximum Gasteiger partial charge on any atom is 0.168 e. The van der Waals surface area contributed by atoms with Gasteiger partial charge in [0, 0.05) is 33.4 Å². The van der Waals surface area contributed by atoms with Gasteiger partial charge in [-0.2, -0.15) is 0 Å². The van der Waals surface area contributed by atoms with Crippen molar-refractivity contribution < 1.29 is 13.5 Å². The van der Waals surface area contributed by atoms with E-state index in [1.807, 2.05) is 0 Å². The number of methoxy groups -OCH3 is 1. The fourth-order valence-corrected chi connectivity index (χ4v) is 1.52. The fourth-order valence-electron chi connectivity index (χ4n) is 1.52. The molecule has 1 rings (SSSR count). The van der Waals surface area contributed by atoms with E-state index in [1.165, 1.54) is 7.05 Å². The number of rotatable bonds is 8. The van der Waals surface area contributed by atoms with E-state index in [1.54, 1.807) is 7.11 Å². The third kappa shape index (κ3) is 4.44. The van der Waals surface area contributed by atoms with Gasteiger partial charge in [-0.3, -0.25) is 0 Å². The van der Waals surface area contributed by atoms with E-state index in [-0.39, 0.29) is 11.6 Å². The van der Waals surface area contributed by atoms with Gasteiger partial charge in [0.2, 0.25) is 0 Å². The molecule has 0 aliphatic heterocycles. The Labute approximate surface area is 106 Å². The summed E-state index contributed by atoms with van der Waals surface area (Å²) in [7, 11) is 3.20. The van der Waals surface area contributed by atoms with E-state index in [9.17, 15) is 8.78 Å². The average Bonchev–Trinajstić information content (AvgIpc) is 2.36. The molecule has 0 atom stereocenters. The van der Waals surface area contributed by atoms with Crippen LogP contribution >= 0.6 is 0 Å². The van der Waals surface area contributed by atoms with Crippen molar-refractivity contribution in [2.24, 2.45) is 0 Å². The Balaban J connectivity index is 2.42. The summed E-state index contributed by atoms with van der Waals surface area (Å²) in [6.07, 6.45) is 2.85. The minimum absolute atomic E-state index is 0.0401. The second kappa shape index (κ2) is 7.81. The van der Waals surface area contributed by atoms with E-state index < -0.39 is 11.6 Å². The summed E-state index contributed by atoms with van der Waals surface area (Å²) in [6, 6.07) is 0.825. The van der Waals surface area contributed by atoms with Gasteiger partial charge in [0.05, 0.1) is 0 Å². The van der Waals surface area contributed by atoms with Crippen molar-refractivity contribution in [3.63, 3.8) is 0 Å². The molecule has 18 heavy (non-hydrogen) atoms. The lowest BCUT2D eigenvalue weighted by atomic mass is 10.2. The Morgan fingerprint density at radius 1 is 1.17 bits per heavy atom. The van der Waals surface area contributed by atoms with Gasteiger partial charge in [-0.25, -0.2) is 13.8 Å². The van der Waals surface area contributed by atoms with E-state index in [2.05, 4.69) is 15.6 Å². The number of unbranched alkanes of at least 4 members (excludes halogenated alkanes) is 2. The van der Waals surface area contributed by atoms with Gasteiger partial charge < -0.3 is 15.4 Å². The molecule has 102 valence electrons. The van der Waals surface area contributed by atoms with Crippen molar-refractivity contribution in [2.45, 2.75) is 19.3 Å². The molecule has 0 bridgehead atoms. The highest BCUT2D eigenvalue weighted by Crippen LogP contribution is 2.18. The third-order valence-corrected chi connectivity index (χ3v) is 2.48. The zero-order chi connectivity index (χ0) is 13.4. The van der Waals surface area contributed by atoms with Gasteiger partial charge in [-0.15, -0.1) is 0 Å². The Bertz CT molecular complexity index is 375. The van der Waals surface area contributed by atoms with E-state index >= 15 is 0 Å². The number of nitrogens with zero attached hydrogens (tertiary/aromatic N) is 1. The van der Waals surface area contributed by atoms with Crippen LogP contribution in [0, 0.1) is 11.6 Å². The lowest BCUT2D eigenvalue weighted by molar-refractivity contribution is 0.192. The van der Waals surface area contributed by atoms with Crippen LogP contribution in [0.3, 0.4) is 0 Å². The summed E-state index contributed by atoms with van der Waals surface area (Å²) >= 11 is 0. The number of hydrogen-bond acceptors (Lipinski definition) is 4. The largest absolute Gasteiger partial charge is 0.385 e. The van der Waals surface area contributed by atoms with Crippen LogP contribution < -0.4 is 10.6 Å². The smallest absolute Gasteiger partial charge is 0.168 e. The van der Waals surface area contributed by atoms with Crippen LogP contribution in [0.15, 0.2) is 6.07 Å². The van der Waals surface area contributed by atoms with Gasteiger partial charge in [0.15, 0.2) is 23.3 Å². The van der Waals surface area contributed by atoms with Crippen LogP contribution in [0.5, 0.6) is 0 Å². The summed E-state index contributed by atoms with van der Waals surface area (Å²) in [5, 5.41) is 5.43. The molecule has 0 saturated carbocycles. The first kappa shape index (κ1) is 14.6. The Morgan fingerprint density at radius 3 is 2.56 bits per heavy atom. The van der Waals surface area contributed by atoms with Crippen molar-refractivity contribution in [3.05, 3.63) is 17.7 Å². The molecule has 2 N–H and O–H groups in total. The highest BCUT2D eigenvalue weighted by Gasteiger charge is 2.10. The highest BCUT2D eigenvalue weighted by molar-refractivity contribution is 5.47. The molecular formula is C12H19F2N3O. The summed E-state index contributed by atoms with van der Waals surface area (Å²) in [6.45, 7) is 1.33. The highest BCUT2D eigenvalue weighted by atomic mass is 19.1. The number of halogens is 2. The number of pyridine rings is 1. The molecule has 0 fully saturated rings. The standard InChI is InChI=1S/C12H19F2N3O/c1-15-11-9(13)8-10(14)12(17-11)16-6-4-3-5-7-18-2/h8H,3-7H2,1-2H3,(H2,15,16,17). The first-order chi connectivity index (χ1) is 8.69. The molecule has 0 aliphatic rings. The molecule has 0 amide bonds. The van der Waals surface area contributed by atoms with Gasteiger partial charge in [0.25, 0.3) is 0 Å². The lowest BCUT2D eigenvalue weighted by Gasteiger charge is -2.09. The molecule has 4 nitrogen and oxygen atoms in total. The van der Waals surface area contributed by atoms with E-state index in [0.717, 1.165) is 31.9 Å². The molecular weight excluding hydrogens is 240 g/mol. The van der Waals surface area contributed by atoms with Crippen molar-refractivity contribution >= 4 is 11.6 Å². The van der Waals surface area contributed by atoms with Crippen molar-refractivity contribution in [2.75, 3.05) is 37.9 Å². The maximum atomic E-state index is 13.4. The number of hydrogen-bond donors (Lipinski definition) is 2. The van der Waals surface area contributed by atoms with Gasteiger partial charge in [0.1, 0.15) is 0 Å². The van der Waals surface area contributed by atoms with Gasteiger partial charge in [-0.05, 0) is 19.3 Å². The third-order valence-electron chi connectivity index (χ3n) is 2.48. The Morgan fingerprint density at radius 2 is 1.89 bits per heavy atom. The lowest BCUT2D eigenvalue weighted by Crippen LogP contribution is -2.08. The predicted octanol–water partition coefficient (Wildman–Crippen LogP) is 2.63. The second-order valence-electron chi connectivity index (χ2n) is 3.88. The van der Waals surface area contributed by atoms with Gasteiger partial charge >= 0.3 is 0 Å².